The Labute approximate surface area is 127 Å². The lowest BCUT2D eigenvalue weighted by Crippen LogP contribution is -2.28. The van der Waals surface area contributed by atoms with Crippen molar-refractivity contribution in [2.45, 2.75) is 6.54 Å². The number of ether oxygens (including phenoxy) is 1. The molecular weight excluding hydrogens is 286 g/mol. The van der Waals surface area contributed by atoms with E-state index in [9.17, 15) is 14.9 Å². The number of hydrogen-bond donors (Lipinski definition) is 2. The Kier molecular flexibility index (Phi) is 4.92. The minimum Gasteiger partial charge on any atom is -0.497 e. The van der Waals surface area contributed by atoms with Gasteiger partial charge < -0.3 is 15.4 Å². The first-order valence-corrected chi connectivity index (χ1v) is 6.51. The van der Waals surface area contributed by atoms with Crippen LogP contribution in [0.3, 0.4) is 0 Å². The highest BCUT2D eigenvalue weighted by Crippen LogP contribution is 2.22. The molecule has 0 aliphatic rings. The van der Waals surface area contributed by atoms with Crippen LogP contribution in [0, 0.1) is 10.1 Å². The van der Waals surface area contributed by atoms with Crippen molar-refractivity contribution < 1.29 is 14.5 Å². The number of methoxy groups -OCH3 is 1. The van der Waals surface area contributed by atoms with Crippen LogP contribution in [0.1, 0.15) is 5.56 Å². The van der Waals surface area contributed by atoms with Crippen molar-refractivity contribution in [2.75, 3.05) is 12.4 Å². The van der Waals surface area contributed by atoms with Gasteiger partial charge in [-0.1, -0.05) is 24.3 Å². The third-order valence-electron chi connectivity index (χ3n) is 2.94. The van der Waals surface area contributed by atoms with E-state index in [4.69, 9.17) is 4.74 Å². The number of hydrogen-bond acceptors (Lipinski definition) is 4. The van der Waals surface area contributed by atoms with Crippen LogP contribution in [0.2, 0.25) is 0 Å². The Balaban J connectivity index is 1.97. The molecule has 2 N–H and O–H groups in total. The normalized spacial score (nSPS) is 9.86. The molecule has 0 saturated heterocycles. The van der Waals surface area contributed by atoms with Crippen molar-refractivity contribution in [3.63, 3.8) is 0 Å². The summed E-state index contributed by atoms with van der Waals surface area (Å²) >= 11 is 0. The largest absolute Gasteiger partial charge is 0.497 e. The van der Waals surface area contributed by atoms with Crippen molar-refractivity contribution in [3.05, 3.63) is 64.2 Å². The van der Waals surface area contributed by atoms with Gasteiger partial charge in [0.1, 0.15) is 11.4 Å². The summed E-state index contributed by atoms with van der Waals surface area (Å²) in [7, 11) is 1.56. The molecule has 0 aliphatic carbocycles. The average molecular weight is 301 g/mol. The molecule has 7 nitrogen and oxygen atoms in total. The molecule has 0 spiro atoms. The third-order valence-corrected chi connectivity index (χ3v) is 2.94. The zero-order valence-electron chi connectivity index (χ0n) is 11.9. The molecule has 0 unspecified atom stereocenters. The van der Waals surface area contributed by atoms with Crippen LogP contribution in [0.25, 0.3) is 0 Å². The number of nitro benzene ring substituents is 1. The Bertz CT molecular complexity index is 688. The Morgan fingerprint density at radius 1 is 1.23 bits per heavy atom. The van der Waals surface area contributed by atoms with E-state index in [1.165, 1.54) is 18.2 Å². The third kappa shape index (κ3) is 3.95. The van der Waals surface area contributed by atoms with Crippen LogP contribution in [0.15, 0.2) is 48.5 Å². The van der Waals surface area contributed by atoms with Crippen LogP contribution in [0.5, 0.6) is 5.75 Å². The molecule has 0 aliphatic heterocycles. The molecule has 2 amide bonds. The summed E-state index contributed by atoms with van der Waals surface area (Å²) in [4.78, 5) is 22.2. The van der Waals surface area contributed by atoms with E-state index in [2.05, 4.69) is 10.6 Å². The van der Waals surface area contributed by atoms with E-state index >= 15 is 0 Å². The van der Waals surface area contributed by atoms with Crippen LogP contribution in [0.4, 0.5) is 16.2 Å². The summed E-state index contributed by atoms with van der Waals surface area (Å²) in [5.74, 6) is 0.693. The standard InChI is InChI=1S/C15H15N3O4/c1-22-12-6-4-5-11(9-12)10-16-15(19)17-13-7-2-3-8-14(13)18(20)21/h2-9H,10H2,1H3,(H2,16,17,19). The van der Waals surface area contributed by atoms with Crippen LogP contribution in [-0.2, 0) is 6.54 Å². The Morgan fingerprint density at radius 2 is 2.00 bits per heavy atom. The van der Waals surface area contributed by atoms with Gasteiger partial charge in [-0.2, -0.15) is 0 Å². The average Bonchev–Trinajstić information content (AvgIpc) is 2.53. The number of carbonyl (C=O) groups is 1. The number of urea groups is 1. The van der Waals surface area contributed by atoms with E-state index in [1.807, 2.05) is 12.1 Å². The molecular formula is C15H15N3O4. The predicted octanol–water partition coefficient (Wildman–Crippen LogP) is 2.93. The van der Waals surface area contributed by atoms with Crippen LogP contribution in [-0.4, -0.2) is 18.1 Å². The van der Waals surface area contributed by atoms with Gasteiger partial charge in [-0.25, -0.2) is 4.79 Å². The van der Waals surface area contributed by atoms with Gasteiger partial charge >= 0.3 is 6.03 Å². The maximum atomic E-state index is 11.8. The fourth-order valence-electron chi connectivity index (χ4n) is 1.87. The van der Waals surface area contributed by atoms with E-state index in [0.717, 1.165) is 5.56 Å². The number of nitrogens with one attached hydrogen (secondary N) is 2. The number of anilines is 1. The second-order valence-corrected chi connectivity index (χ2v) is 4.43. The number of nitrogens with zero attached hydrogens (tertiary/aromatic N) is 1. The van der Waals surface area contributed by atoms with Gasteiger partial charge in [0.25, 0.3) is 5.69 Å². The molecule has 7 heteroatoms. The SMILES string of the molecule is COc1cccc(CNC(=O)Nc2ccccc2[N+](=O)[O-])c1. The summed E-state index contributed by atoms with van der Waals surface area (Å²) < 4.78 is 5.10. The highest BCUT2D eigenvalue weighted by molar-refractivity contribution is 5.91. The van der Waals surface area contributed by atoms with Gasteiger partial charge in [-0.05, 0) is 23.8 Å². The maximum Gasteiger partial charge on any atom is 0.319 e. The molecule has 0 aromatic heterocycles. The number of amides is 2. The number of carbonyl (C=O) groups excluding carboxylic acids is 1. The molecule has 0 heterocycles. The maximum absolute atomic E-state index is 11.8. The first kappa shape index (κ1) is 15.3. The van der Waals surface area contributed by atoms with Crippen molar-refractivity contribution in [1.29, 1.82) is 0 Å². The van der Waals surface area contributed by atoms with E-state index in [-0.39, 0.29) is 17.9 Å². The molecule has 2 rings (SSSR count). The Hall–Kier alpha value is -3.09. The van der Waals surface area contributed by atoms with Gasteiger partial charge in [0.05, 0.1) is 12.0 Å². The monoisotopic (exact) mass is 301 g/mol. The zero-order valence-corrected chi connectivity index (χ0v) is 11.9. The fraction of sp³-hybridized carbons (Fsp3) is 0.133. The van der Waals surface area contributed by atoms with Crippen molar-refractivity contribution in [3.8, 4) is 5.75 Å². The zero-order chi connectivity index (χ0) is 15.9. The minimum atomic E-state index is -0.544. The molecule has 2 aromatic carbocycles. The van der Waals surface area contributed by atoms with Crippen molar-refractivity contribution >= 4 is 17.4 Å². The van der Waals surface area contributed by atoms with Gasteiger partial charge in [-0.3, -0.25) is 10.1 Å². The lowest BCUT2D eigenvalue weighted by atomic mass is 10.2. The highest BCUT2D eigenvalue weighted by atomic mass is 16.6. The topological polar surface area (TPSA) is 93.5 Å². The molecule has 0 fully saturated rings. The van der Waals surface area contributed by atoms with Gasteiger partial charge in [0.15, 0.2) is 0 Å². The molecule has 0 atom stereocenters. The summed E-state index contributed by atoms with van der Waals surface area (Å²) in [6.45, 7) is 0.281. The van der Waals surface area contributed by atoms with Crippen molar-refractivity contribution in [1.82, 2.24) is 5.32 Å². The Morgan fingerprint density at radius 3 is 2.73 bits per heavy atom. The molecule has 0 bridgehead atoms. The molecule has 2 aromatic rings. The summed E-state index contributed by atoms with van der Waals surface area (Å²) in [6, 6.07) is 12.7. The number of rotatable bonds is 5. The molecule has 22 heavy (non-hydrogen) atoms. The van der Waals surface area contributed by atoms with E-state index in [0.29, 0.717) is 5.75 Å². The predicted molar refractivity (Wildman–Crippen MR) is 81.9 cm³/mol. The van der Waals surface area contributed by atoms with Crippen LogP contribution >= 0.6 is 0 Å². The lowest BCUT2D eigenvalue weighted by Gasteiger charge is -2.09. The smallest absolute Gasteiger partial charge is 0.319 e. The molecule has 114 valence electrons. The summed E-state index contributed by atoms with van der Waals surface area (Å²) in [5, 5.41) is 16.0. The molecule has 0 saturated carbocycles. The molecule has 0 radical (unpaired) electrons. The first-order valence-electron chi connectivity index (χ1n) is 6.51. The second kappa shape index (κ2) is 7.07. The number of para-hydroxylation sites is 2. The first-order chi connectivity index (χ1) is 10.6. The summed E-state index contributed by atoms with van der Waals surface area (Å²) in [6.07, 6.45) is 0. The lowest BCUT2D eigenvalue weighted by molar-refractivity contribution is -0.383. The van der Waals surface area contributed by atoms with Gasteiger partial charge in [0.2, 0.25) is 0 Å². The van der Waals surface area contributed by atoms with Crippen LogP contribution < -0.4 is 15.4 Å². The van der Waals surface area contributed by atoms with E-state index in [1.54, 1.807) is 25.3 Å². The second-order valence-electron chi connectivity index (χ2n) is 4.43. The van der Waals surface area contributed by atoms with Gasteiger partial charge in [-0.15, -0.1) is 0 Å². The quantitative estimate of drug-likeness (QED) is 0.656. The minimum absolute atomic E-state index is 0.149. The summed E-state index contributed by atoms with van der Waals surface area (Å²) in [5.41, 5.74) is 0.853. The fourth-order valence-corrected chi connectivity index (χ4v) is 1.87. The van der Waals surface area contributed by atoms with Crippen molar-refractivity contribution in [2.24, 2.45) is 0 Å². The number of benzene rings is 2. The van der Waals surface area contributed by atoms with Gasteiger partial charge in [0, 0.05) is 12.6 Å². The van der Waals surface area contributed by atoms with E-state index < -0.39 is 11.0 Å². The highest BCUT2D eigenvalue weighted by Gasteiger charge is 2.14. The number of nitro groups is 1.